The molecule has 0 saturated heterocycles. The minimum atomic E-state index is 0.857. The lowest BCUT2D eigenvalue weighted by Gasteiger charge is -2.02. The van der Waals surface area contributed by atoms with Gasteiger partial charge in [-0.25, -0.2) is 9.97 Å². The predicted octanol–water partition coefficient (Wildman–Crippen LogP) is 6.16. The Bertz CT molecular complexity index is 1320. The smallest absolute Gasteiger partial charge is 0.0794 e. The van der Waals surface area contributed by atoms with E-state index in [4.69, 9.17) is 9.97 Å². The van der Waals surface area contributed by atoms with Gasteiger partial charge < -0.3 is 9.97 Å². The molecular weight excluding hydrogens is 376 g/mol. The zero-order valence-electron chi connectivity index (χ0n) is 15.9. The quantitative estimate of drug-likeness (QED) is 0.359. The lowest BCUT2D eigenvalue weighted by atomic mass is 10.3. The van der Waals surface area contributed by atoms with Crippen LogP contribution in [0.15, 0.2) is 47.4 Å². The van der Waals surface area contributed by atoms with Crippen molar-refractivity contribution in [3.8, 4) is 0 Å². The van der Waals surface area contributed by atoms with Crippen LogP contribution in [0.1, 0.15) is 35.6 Å². The molecule has 0 spiro atoms. The molecule has 8 bridgehead atoms. The summed E-state index contributed by atoms with van der Waals surface area (Å²) in [5.74, 6) is 2.01. The van der Waals surface area contributed by atoms with Crippen molar-refractivity contribution in [3.63, 3.8) is 0 Å². The summed E-state index contributed by atoms with van der Waals surface area (Å²) in [6.45, 7) is 0. The van der Waals surface area contributed by atoms with Crippen LogP contribution in [0.4, 0.5) is 0 Å². The van der Waals surface area contributed by atoms with Crippen LogP contribution in [0.2, 0.25) is 0 Å². The number of rotatable bonds is 3. The summed E-state index contributed by atoms with van der Waals surface area (Å²) in [5, 5.41) is 0. The molecule has 1 saturated carbocycles. The fraction of sp³-hybridized carbons (Fsp3) is 0.167. The Hall–Kier alpha value is -3.05. The van der Waals surface area contributed by atoms with E-state index in [1.807, 2.05) is 30.0 Å². The Morgan fingerprint density at radius 2 is 1.45 bits per heavy atom. The van der Waals surface area contributed by atoms with Crippen LogP contribution in [0.5, 0.6) is 0 Å². The summed E-state index contributed by atoms with van der Waals surface area (Å²) < 4.78 is 0. The van der Waals surface area contributed by atoms with Gasteiger partial charge in [-0.05, 0) is 85.5 Å². The number of nitrogens with one attached hydrogen (secondary N) is 2. The highest BCUT2D eigenvalue weighted by Crippen LogP contribution is 2.37. The summed E-state index contributed by atoms with van der Waals surface area (Å²) >= 11 is 1.92. The number of hydrogen-bond acceptors (Lipinski definition) is 3. The van der Waals surface area contributed by atoms with Crippen molar-refractivity contribution in [1.29, 1.82) is 0 Å². The van der Waals surface area contributed by atoms with Gasteiger partial charge in [0.15, 0.2) is 0 Å². The van der Waals surface area contributed by atoms with Crippen molar-refractivity contribution in [2.45, 2.75) is 17.7 Å². The Morgan fingerprint density at radius 3 is 2.31 bits per heavy atom. The molecule has 1 fully saturated rings. The van der Waals surface area contributed by atoms with Crippen LogP contribution in [-0.4, -0.2) is 25.7 Å². The molecule has 6 rings (SSSR count). The molecule has 3 aliphatic rings. The van der Waals surface area contributed by atoms with Gasteiger partial charge in [0.2, 0.25) is 0 Å². The van der Waals surface area contributed by atoms with Gasteiger partial charge in [-0.1, -0.05) is 0 Å². The molecule has 0 aromatic carbocycles. The second kappa shape index (κ2) is 6.78. The molecule has 142 valence electrons. The average Bonchev–Trinajstić information content (AvgIpc) is 3.14. The maximum absolute atomic E-state index is 4.90. The van der Waals surface area contributed by atoms with E-state index in [1.165, 1.54) is 17.7 Å². The van der Waals surface area contributed by atoms with Gasteiger partial charge in [0.25, 0.3) is 0 Å². The number of fused-ring (bicyclic) bond motifs is 8. The first-order valence-corrected chi connectivity index (χ1v) is 11.0. The number of aromatic amines is 2. The highest BCUT2D eigenvalue weighted by atomic mass is 32.2. The first-order chi connectivity index (χ1) is 14.3. The third kappa shape index (κ3) is 3.54. The van der Waals surface area contributed by atoms with Crippen molar-refractivity contribution in [2.24, 2.45) is 5.92 Å². The molecule has 4 nitrogen and oxygen atoms in total. The Morgan fingerprint density at radius 1 is 0.759 bits per heavy atom. The van der Waals surface area contributed by atoms with Crippen LogP contribution in [0, 0.1) is 5.92 Å². The highest BCUT2D eigenvalue weighted by Gasteiger charge is 2.22. The molecule has 0 amide bonds. The van der Waals surface area contributed by atoms with Gasteiger partial charge in [0.05, 0.1) is 33.2 Å². The van der Waals surface area contributed by atoms with Gasteiger partial charge in [-0.2, -0.15) is 0 Å². The molecule has 3 aromatic rings. The van der Waals surface area contributed by atoms with Crippen molar-refractivity contribution in [1.82, 2.24) is 19.9 Å². The number of nitrogens with zero attached hydrogens (tertiary/aromatic N) is 2. The lowest BCUT2D eigenvalue weighted by Crippen LogP contribution is -1.86. The Labute approximate surface area is 172 Å². The largest absolute Gasteiger partial charge is 0.355 e. The normalized spacial score (nSPS) is 15.2. The summed E-state index contributed by atoms with van der Waals surface area (Å²) in [7, 11) is 0. The summed E-state index contributed by atoms with van der Waals surface area (Å²) in [6.07, 6.45) is 11.0. The van der Waals surface area contributed by atoms with E-state index in [-0.39, 0.29) is 0 Å². The van der Waals surface area contributed by atoms with Gasteiger partial charge in [0, 0.05) is 22.3 Å². The predicted molar refractivity (Wildman–Crippen MR) is 122 cm³/mol. The van der Waals surface area contributed by atoms with E-state index in [1.54, 1.807) is 0 Å². The molecule has 0 unspecified atom stereocenters. The first kappa shape index (κ1) is 16.9. The number of aromatic nitrogens is 4. The molecule has 0 atom stereocenters. The molecule has 5 heterocycles. The monoisotopic (exact) mass is 396 g/mol. The third-order valence-corrected chi connectivity index (χ3v) is 6.69. The van der Waals surface area contributed by atoms with Crippen LogP contribution in [0.25, 0.3) is 46.4 Å². The molecule has 1 aliphatic carbocycles. The fourth-order valence-electron chi connectivity index (χ4n) is 3.62. The number of hydrogen-bond donors (Lipinski definition) is 2. The maximum Gasteiger partial charge on any atom is 0.0794 e. The van der Waals surface area contributed by atoms with Gasteiger partial charge in [-0.3, -0.25) is 0 Å². The molecule has 2 aliphatic heterocycles. The zero-order chi connectivity index (χ0) is 19.2. The highest BCUT2D eigenvalue weighted by molar-refractivity contribution is 7.99. The third-order valence-electron chi connectivity index (χ3n) is 5.33. The van der Waals surface area contributed by atoms with E-state index in [2.05, 4.69) is 58.5 Å². The Kier molecular flexibility index (Phi) is 3.94. The molecule has 2 N–H and O–H groups in total. The Balaban J connectivity index is 1.61. The van der Waals surface area contributed by atoms with Crippen LogP contribution < -0.4 is 0 Å². The SMILES string of the molecule is C1=Cc2cc3ccc(cc4ccc([nH]4)c(SCC4CC4)c4nc(cc1n2)C=C4)[nH]3. The van der Waals surface area contributed by atoms with E-state index in [0.717, 1.165) is 56.5 Å². The van der Waals surface area contributed by atoms with Gasteiger partial charge >= 0.3 is 0 Å². The van der Waals surface area contributed by atoms with Gasteiger partial charge in [0.1, 0.15) is 0 Å². The van der Waals surface area contributed by atoms with Crippen molar-refractivity contribution >= 4 is 58.1 Å². The molecule has 29 heavy (non-hydrogen) atoms. The number of H-pyrrole nitrogens is 2. The topological polar surface area (TPSA) is 57.4 Å². The molecule has 5 heteroatoms. The van der Waals surface area contributed by atoms with Crippen LogP contribution in [-0.2, 0) is 0 Å². The van der Waals surface area contributed by atoms with Crippen molar-refractivity contribution < 1.29 is 0 Å². The second-order valence-electron chi connectivity index (χ2n) is 7.76. The summed E-state index contributed by atoms with van der Waals surface area (Å²) in [4.78, 5) is 17.9. The zero-order valence-corrected chi connectivity index (χ0v) is 16.7. The van der Waals surface area contributed by atoms with E-state index in [9.17, 15) is 0 Å². The van der Waals surface area contributed by atoms with Crippen molar-refractivity contribution in [2.75, 3.05) is 5.75 Å². The fourth-order valence-corrected chi connectivity index (χ4v) is 4.89. The van der Waals surface area contributed by atoms with E-state index >= 15 is 0 Å². The summed E-state index contributed by atoms with van der Waals surface area (Å²) in [6, 6.07) is 14.7. The van der Waals surface area contributed by atoms with Gasteiger partial charge in [-0.15, -0.1) is 11.8 Å². The van der Waals surface area contributed by atoms with E-state index in [0.29, 0.717) is 0 Å². The van der Waals surface area contributed by atoms with Crippen molar-refractivity contribution in [3.05, 3.63) is 65.2 Å². The average molecular weight is 397 g/mol. The standard InChI is InChI=1S/C24H20N4S/c1-2-15(1)14-29-24-22-9-7-20(27-22)12-18-5-3-16(25-18)11-17-4-6-19(26-17)13-21-8-10-23(24)28-21/h3-13,15,25,27H,1-2,14H2. The molecule has 3 aromatic heterocycles. The minimum absolute atomic E-state index is 0.857. The van der Waals surface area contributed by atoms with Crippen LogP contribution >= 0.6 is 11.8 Å². The summed E-state index contributed by atoms with van der Waals surface area (Å²) in [5.41, 5.74) is 8.17. The van der Waals surface area contributed by atoms with E-state index < -0.39 is 0 Å². The molecule has 0 radical (unpaired) electrons. The molecular formula is C24H20N4S. The second-order valence-corrected chi connectivity index (χ2v) is 8.79. The minimum Gasteiger partial charge on any atom is -0.355 e. The number of thioether (sulfide) groups is 1. The first-order valence-electron chi connectivity index (χ1n) is 9.99. The van der Waals surface area contributed by atoms with Crippen LogP contribution in [0.3, 0.4) is 0 Å². The maximum atomic E-state index is 4.90. The lowest BCUT2D eigenvalue weighted by molar-refractivity contribution is 0.999.